The van der Waals surface area contributed by atoms with E-state index < -0.39 is 0 Å². The Bertz CT molecular complexity index is 951. The second kappa shape index (κ2) is 8.60. The van der Waals surface area contributed by atoms with Gasteiger partial charge in [-0.15, -0.1) is 22.7 Å². The van der Waals surface area contributed by atoms with E-state index in [2.05, 4.69) is 0 Å². The van der Waals surface area contributed by atoms with Crippen LogP contribution in [0.1, 0.15) is 23.1 Å². The molecular formula is C17H17N3O2S2. The molecule has 0 amide bonds. The van der Waals surface area contributed by atoms with Gasteiger partial charge in [0.25, 0.3) is 5.56 Å². The van der Waals surface area contributed by atoms with E-state index in [1.54, 1.807) is 11.3 Å². The highest BCUT2D eigenvalue weighted by molar-refractivity contribution is 7.13. The van der Waals surface area contributed by atoms with Gasteiger partial charge in [0.1, 0.15) is 16.8 Å². The van der Waals surface area contributed by atoms with Gasteiger partial charge in [-0.05, 0) is 38.5 Å². The highest BCUT2D eigenvalue weighted by atomic mass is 32.1. The van der Waals surface area contributed by atoms with Gasteiger partial charge >= 0.3 is 0 Å². The summed E-state index contributed by atoms with van der Waals surface area (Å²) in [4.78, 5) is 14.8. The van der Waals surface area contributed by atoms with Gasteiger partial charge in [0, 0.05) is 29.5 Å². The van der Waals surface area contributed by atoms with E-state index in [0.29, 0.717) is 35.4 Å². The first-order valence-corrected chi connectivity index (χ1v) is 9.14. The third-order valence-electron chi connectivity index (χ3n) is 3.25. The zero-order valence-electron chi connectivity index (χ0n) is 13.5. The molecule has 0 saturated heterocycles. The van der Waals surface area contributed by atoms with Crippen LogP contribution in [0.5, 0.6) is 0 Å². The average Bonchev–Trinajstić information content (AvgIpc) is 3.11. The van der Waals surface area contributed by atoms with Crippen LogP contribution in [0.3, 0.4) is 0 Å². The molecule has 24 heavy (non-hydrogen) atoms. The molecule has 0 saturated carbocycles. The third kappa shape index (κ3) is 4.21. The van der Waals surface area contributed by atoms with Crippen molar-refractivity contribution >= 4 is 34.3 Å². The summed E-state index contributed by atoms with van der Waals surface area (Å²) in [5.41, 5.74) is -0.198. The quantitative estimate of drug-likeness (QED) is 0.736. The molecule has 7 heteroatoms. The van der Waals surface area contributed by atoms with Gasteiger partial charge in [0.15, 0.2) is 5.57 Å². The Hall–Kier alpha value is -2.19. The fraction of sp³-hybridized carbons (Fsp3) is 0.353. The molecule has 2 heterocycles. The second-order valence-electron chi connectivity index (χ2n) is 4.97. The number of rotatable bonds is 6. The second-order valence-corrected chi connectivity index (χ2v) is 7.32. The van der Waals surface area contributed by atoms with E-state index in [9.17, 15) is 4.79 Å². The molecular weight excluding hydrogens is 342 g/mol. The lowest BCUT2D eigenvalue weighted by molar-refractivity contribution is 0.141. The summed E-state index contributed by atoms with van der Waals surface area (Å²) in [5.74, 6) is 0. The summed E-state index contributed by atoms with van der Waals surface area (Å²) in [6.07, 6.45) is 2.47. The molecule has 0 radical (unpaired) electrons. The van der Waals surface area contributed by atoms with E-state index >= 15 is 0 Å². The smallest absolute Gasteiger partial charge is 0.269 e. The molecule has 0 spiro atoms. The van der Waals surface area contributed by atoms with Crippen LogP contribution in [0.15, 0.2) is 16.9 Å². The highest BCUT2D eigenvalue weighted by Crippen LogP contribution is 2.15. The lowest BCUT2D eigenvalue weighted by atomic mass is 10.3. The molecule has 2 rings (SSSR count). The molecule has 5 nitrogen and oxygen atoms in total. The van der Waals surface area contributed by atoms with Crippen molar-refractivity contribution in [2.24, 2.45) is 0 Å². The minimum atomic E-state index is -0.166. The van der Waals surface area contributed by atoms with Crippen LogP contribution in [-0.2, 0) is 11.3 Å². The minimum absolute atomic E-state index is 0.0319. The Morgan fingerprint density at radius 3 is 2.67 bits per heavy atom. The van der Waals surface area contributed by atoms with Crippen LogP contribution in [-0.4, -0.2) is 17.8 Å². The summed E-state index contributed by atoms with van der Waals surface area (Å²) < 4.78 is 7.76. The van der Waals surface area contributed by atoms with Crippen molar-refractivity contribution in [3.63, 3.8) is 0 Å². The highest BCUT2D eigenvalue weighted by Gasteiger charge is 2.09. The normalized spacial score (nSPS) is 11.2. The van der Waals surface area contributed by atoms with E-state index in [-0.39, 0.29) is 11.1 Å². The fourth-order valence-corrected chi connectivity index (χ4v) is 4.12. The maximum Gasteiger partial charge on any atom is 0.269 e. The Kier molecular flexibility index (Phi) is 6.51. The van der Waals surface area contributed by atoms with Crippen LogP contribution in [0.25, 0.3) is 11.6 Å². The molecule has 0 aliphatic rings. The van der Waals surface area contributed by atoms with Crippen LogP contribution in [0.4, 0.5) is 0 Å². The molecule has 0 bridgehead atoms. The standard InChI is InChI=1S/C17H17N3O2S2/c1-3-22-8-4-7-20-16(21)15(9-14-6-5-12(2)23-14)24-17(20)13(10-18)11-19/h5-6,9H,3-4,7-8H2,1-2H3. The van der Waals surface area contributed by atoms with Gasteiger partial charge in [0.2, 0.25) is 0 Å². The maximum absolute atomic E-state index is 12.7. The predicted octanol–water partition coefficient (Wildman–Crippen LogP) is 1.73. The van der Waals surface area contributed by atoms with E-state index in [1.165, 1.54) is 15.9 Å². The first-order valence-electron chi connectivity index (χ1n) is 7.50. The minimum Gasteiger partial charge on any atom is -0.382 e. The van der Waals surface area contributed by atoms with Crippen molar-refractivity contribution in [3.8, 4) is 12.1 Å². The molecule has 0 aliphatic heterocycles. The number of aryl methyl sites for hydroxylation is 1. The molecule has 0 fully saturated rings. The predicted molar refractivity (Wildman–Crippen MR) is 96.2 cm³/mol. The monoisotopic (exact) mass is 359 g/mol. The number of thiazole rings is 1. The van der Waals surface area contributed by atoms with Crippen LogP contribution in [0.2, 0.25) is 0 Å². The van der Waals surface area contributed by atoms with Crippen LogP contribution < -0.4 is 14.8 Å². The summed E-state index contributed by atoms with van der Waals surface area (Å²) >= 11 is 2.79. The van der Waals surface area contributed by atoms with Crippen LogP contribution >= 0.6 is 22.7 Å². The van der Waals surface area contributed by atoms with Gasteiger partial charge in [-0.25, -0.2) is 0 Å². The number of aromatic nitrogens is 1. The molecule has 2 aromatic rings. The number of ether oxygens (including phenoxy) is 1. The van der Waals surface area contributed by atoms with Gasteiger partial charge in [-0.2, -0.15) is 10.5 Å². The summed E-state index contributed by atoms with van der Waals surface area (Å²) in [5, 5.41) is 18.3. The number of hydrogen-bond acceptors (Lipinski definition) is 6. The molecule has 0 aliphatic carbocycles. The maximum atomic E-state index is 12.7. The molecule has 0 unspecified atom stereocenters. The Morgan fingerprint density at radius 1 is 1.33 bits per heavy atom. The van der Waals surface area contributed by atoms with Crippen molar-refractivity contribution in [2.75, 3.05) is 13.2 Å². The molecule has 2 aromatic heterocycles. The van der Waals surface area contributed by atoms with Crippen molar-refractivity contribution < 1.29 is 4.74 Å². The first-order chi connectivity index (χ1) is 11.6. The van der Waals surface area contributed by atoms with Crippen molar-refractivity contribution in [3.05, 3.63) is 41.4 Å². The number of nitrogens with zero attached hydrogens (tertiary/aromatic N) is 3. The largest absolute Gasteiger partial charge is 0.382 e. The topological polar surface area (TPSA) is 78.8 Å². The van der Waals surface area contributed by atoms with Gasteiger partial charge in [0.05, 0.1) is 4.53 Å². The Labute approximate surface area is 148 Å². The zero-order chi connectivity index (χ0) is 17.5. The first kappa shape index (κ1) is 18.2. The van der Waals surface area contributed by atoms with Gasteiger partial charge in [-0.3, -0.25) is 9.36 Å². The summed E-state index contributed by atoms with van der Waals surface area (Å²) in [7, 11) is 0. The average molecular weight is 359 g/mol. The van der Waals surface area contributed by atoms with E-state index in [0.717, 1.165) is 9.75 Å². The molecule has 0 aromatic carbocycles. The third-order valence-corrected chi connectivity index (χ3v) is 5.33. The summed E-state index contributed by atoms with van der Waals surface area (Å²) in [6.45, 7) is 5.50. The zero-order valence-corrected chi connectivity index (χ0v) is 15.2. The van der Waals surface area contributed by atoms with Gasteiger partial charge < -0.3 is 4.74 Å². The van der Waals surface area contributed by atoms with E-state index in [4.69, 9.17) is 15.3 Å². The summed E-state index contributed by atoms with van der Waals surface area (Å²) in [6, 6.07) is 7.71. The Balaban J connectivity index is 2.55. The molecule has 124 valence electrons. The lowest BCUT2D eigenvalue weighted by Gasteiger charge is -2.02. The van der Waals surface area contributed by atoms with Crippen molar-refractivity contribution in [1.29, 1.82) is 10.5 Å². The number of thiophene rings is 1. The lowest BCUT2D eigenvalue weighted by Crippen LogP contribution is -2.32. The number of hydrogen-bond donors (Lipinski definition) is 0. The van der Waals surface area contributed by atoms with Crippen molar-refractivity contribution in [1.82, 2.24) is 4.57 Å². The fourth-order valence-electron chi connectivity index (χ4n) is 2.16. The van der Waals surface area contributed by atoms with E-state index in [1.807, 2.05) is 44.2 Å². The molecule has 0 atom stereocenters. The van der Waals surface area contributed by atoms with Gasteiger partial charge in [-0.1, -0.05) is 0 Å². The SMILES string of the molecule is CCOCCCn1c(=C(C#N)C#N)sc(=Cc2ccc(C)s2)c1=O. The molecule has 0 N–H and O–H groups in total. The van der Waals surface area contributed by atoms with Crippen LogP contribution in [0, 0.1) is 29.6 Å². The Morgan fingerprint density at radius 2 is 2.08 bits per heavy atom. The van der Waals surface area contributed by atoms with Crippen molar-refractivity contribution in [2.45, 2.75) is 26.8 Å². The number of nitriles is 2.